The van der Waals surface area contributed by atoms with E-state index in [0.29, 0.717) is 6.54 Å². The first-order valence-corrected chi connectivity index (χ1v) is 5.85. The van der Waals surface area contributed by atoms with Crippen LogP contribution in [-0.2, 0) is 11.3 Å². The number of ether oxygens (including phenoxy) is 1. The van der Waals surface area contributed by atoms with Crippen LogP contribution in [0.25, 0.3) is 0 Å². The predicted molar refractivity (Wildman–Crippen MR) is 63.2 cm³/mol. The second kappa shape index (κ2) is 5.79. The van der Waals surface area contributed by atoms with Crippen LogP contribution >= 0.6 is 0 Å². The maximum absolute atomic E-state index is 11.4. The van der Waals surface area contributed by atoms with Crippen molar-refractivity contribution >= 4 is 0 Å². The van der Waals surface area contributed by atoms with Crippen LogP contribution in [0.5, 0.6) is 0 Å². The van der Waals surface area contributed by atoms with Gasteiger partial charge in [-0.25, -0.2) is 4.79 Å². The maximum atomic E-state index is 11.4. The largest absolute Gasteiger partial charge is 0.379 e. The van der Waals surface area contributed by atoms with Crippen LogP contribution in [0.2, 0.25) is 0 Å². The lowest BCUT2D eigenvalue weighted by atomic mass is 10.3. The summed E-state index contributed by atoms with van der Waals surface area (Å²) in [5.74, 6) is 0. The van der Waals surface area contributed by atoms with Gasteiger partial charge < -0.3 is 9.30 Å². The second-order valence-electron chi connectivity index (χ2n) is 4.11. The smallest absolute Gasteiger partial charge is 0.328 e. The minimum Gasteiger partial charge on any atom is -0.379 e. The molecule has 6 heteroatoms. The number of H-pyrrole nitrogens is 1. The second-order valence-corrected chi connectivity index (χ2v) is 4.11. The molecule has 1 aliphatic heterocycles. The van der Waals surface area contributed by atoms with E-state index in [9.17, 15) is 9.59 Å². The standard InChI is InChI=1S/C11H17N3O3/c15-10-2-5-14(11(16)12-10)4-1-3-13-6-8-17-9-7-13/h2,5H,1,3-4,6-9H2,(H,12,15,16). The van der Waals surface area contributed by atoms with Gasteiger partial charge in [-0.05, 0) is 6.42 Å². The first kappa shape index (κ1) is 12.1. The van der Waals surface area contributed by atoms with Crippen molar-refractivity contribution in [2.75, 3.05) is 32.8 Å². The van der Waals surface area contributed by atoms with Gasteiger partial charge >= 0.3 is 5.69 Å². The molecule has 1 fully saturated rings. The van der Waals surface area contributed by atoms with Crippen molar-refractivity contribution in [1.82, 2.24) is 14.5 Å². The number of hydrogen-bond acceptors (Lipinski definition) is 4. The number of hydrogen-bond donors (Lipinski definition) is 1. The summed E-state index contributed by atoms with van der Waals surface area (Å²) in [5, 5.41) is 0. The molecule has 0 aliphatic carbocycles. The summed E-state index contributed by atoms with van der Waals surface area (Å²) in [4.78, 5) is 26.8. The molecular weight excluding hydrogens is 222 g/mol. The molecule has 0 aromatic carbocycles. The Labute approximate surface area is 98.8 Å². The molecule has 0 atom stereocenters. The Bertz CT molecular complexity index is 460. The maximum Gasteiger partial charge on any atom is 0.328 e. The molecule has 0 radical (unpaired) electrons. The van der Waals surface area contributed by atoms with E-state index in [2.05, 4.69) is 9.88 Å². The van der Waals surface area contributed by atoms with E-state index in [-0.39, 0.29) is 11.2 Å². The molecule has 1 saturated heterocycles. The van der Waals surface area contributed by atoms with Crippen LogP contribution in [0.4, 0.5) is 0 Å². The fraction of sp³-hybridized carbons (Fsp3) is 0.636. The van der Waals surface area contributed by atoms with Crippen molar-refractivity contribution in [2.45, 2.75) is 13.0 Å². The summed E-state index contributed by atoms with van der Waals surface area (Å²) in [6.45, 7) is 5.08. The van der Waals surface area contributed by atoms with Gasteiger partial charge in [-0.2, -0.15) is 0 Å². The molecule has 1 aromatic heterocycles. The lowest BCUT2D eigenvalue weighted by Gasteiger charge is -2.26. The number of aromatic nitrogens is 2. The summed E-state index contributed by atoms with van der Waals surface area (Å²) in [6, 6.07) is 1.37. The molecule has 17 heavy (non-hydrogen) atoms. The minimum absolute atomic E-state index is 0.334. The molecule has 2 heterocycles. The number of nitrogens with one attached hydrogen (secondary N) is 1. The highest BCUT2D eigenvalue weighted by Crippen LogP contribution is 1.98. The van der Waals surface area contributed by atoms with Gasteiger partial charge in [0, 0.05) is 38.4 Å². The summed E-state index contributed by atoms with van der Waals surface area (Å²) in [5.41, 5.74) is -0.682. The van der Waals surface area contributed by atoms with Gasteiger partial charge in [0.25, 0.3) is 5.56 Å². The summed E-state index contributed by atoms with van der Waals surface area (Å²) >= 11 is 0. The Morgan fingerprint density at radius 1 is 1.24 bits per heavy atom. The Hall–Kier alpha value is -1.40. The van der Waals surface area contributed by atoms with Gasteiger partial charge in [0.05, 0.1) is 13.2 Å². The van der Waals surface area contributed by atoms with E-state index in [1.165, 1.54) is 10.6 Å². The third-order valence-corrected chi connectivity index (χ3v) is 2.87. The molecule has 2 rings (SSSR count). The average Bonchev–Trinajstić information content (AvgIpc) is 2.33. The Kier molecular flexibility index (Phi) is 4.11. The molecule has 0 saturated carbocycles. The third kappa shape index (κ3) is 3.54. The quantitative estimate of drug-likeness (QED) is 0.751. The molecule has 0 amide bonds. The van der Waals surface area contributed by atoms with Crippen LogP contribution in [0.1, 0.15) is 6.42 Å². The zero-order chi connectivity index (χ0) is 12.1. The fourth-order valence-corrected chi connectivity index (χ4v) is 1.91. The first-order valence-electron chi connectivity index (χ1n) is 5.85. The van der Waals surface area contributed by atoms with E-state index >= 15 is 0 Å². The molecule has 0 spiro atoms. The zero-order valence-electron chi connectivity index (χ0n) is 9.72. The van der Waals surface area contributed by atoms with Crippen LogP contribution in [0.3, 0.4) is 0 Å². The summed E-state index contributed by atoms with van der Waals surface area (Å²) in [7, 11) is 0. The number of rotatable bonds is 4. The molecule has 6 nitrogen and oxygen atoms in total. The summed E-state index contributed by atoms with van der Waals surface area (Å²) < 4.78 is 6.79. The van der Waals surface area contributed by atoms with Crippen molar-refractivity contribution < 1.29 is 4.74 Å². The molecule has 1 N–H and O–H groups in total. The Morgan fingerprint density at radius 2 is 2.00 bits per heavy atom. The van der Waals surface area contributed by atoms with E-state index < -0.39 is 0 Å². The topological polar surface area (TPSA) is 67.3 Å². The normalized spacial score (nSPS) is 17.2. The Balaban J connectivity index is 1.81. The van der Waals surface area contributed by atoms with Crippen molar-refractivity contribution in [3.63, 3.8) is 0 Å². The van der Waals surface area contributed by atoms with E-state index in [0.717, 1.165) is 39.3 Å². The average molecular weight is 239 g/mol. The number of aromatic amines is 1. The van der Waals surface area contributed by atoms with Gasteiger partial charge in [-0.1, -0.05) is 0 Å². The van der Waals surface area contributed by atoms with Gasteiger partial charge in [0.15, 0.2) is 0 Å². The van der Waals surface area contributed by atoms with E-state index in [1.807, 2.05) is 0 Å². The third-order valence-electron chi connectivity index (χ3n) is 2.87. The molecule has 0 bridgehead atoms. The van der Waals surface area contributed by atoms with Crippen molar-refractivity contribution in [3.05, 3.63) is 33.1 Å². The molecular formula is C11H17N3O3. The van der Waals surface area contributed by atoms with Crippen molar-refractivity contribution in [3.8, 4) is 0 Å². The van der Waals surface area contributed by atoms with Gasteiger partial charge in [-0.3, -0.25) is 14.7 Å². The van der Waals surface area contributed by atoms with E-state index in [1.54, 1.807) is 6.20 Å². The number of aryl methyl sites for hydroxylation is 1. The SMILES string of the molecule is O=c1ccn(CCCN2CCOCC2)c(=O)[nH]1. The van der Waals surface area contributed by atoms with Gasteiger partial charge in [0.1, 0.15) is 0 Å². The van der Waals surface area contributed by atoms with Crippen LogP contribution in [0.15, 0.2) is 21.9 Å². The first-order chi connectivity index (χ1) is 8.25. The van der Waals surface area contributed by atoms with Crippen LogP contribution in [0, 0.1) is 0 Å². The highest BCUT2D eigenvalue weighted by molar-refractivity contribution is 4.82. The number of nitrogens with zero attached hydrogens (tertiary/aromatic N) is 2. The van der Waals surface area contributed by atoms with Crippen molar-refractivity contribution in [2.24, 2.45) is 0 Å². The fourth-order valence-electron chi connectivity index (χ4n) is 1.91. The minimum atomic E-state index is -0.348. The molecule has 94 valence electrons. The lowest BCUT2D eigenvalue weighted by Crippen LogP contribution is -2.37. The van der Waals surface area contributed by atoms with Crippen LogP contribution in [-0.4, -0.2) is 47.3 Å². The van der Waals surface area contributed by atoms with Gasteiger partial charge in [-0.15, -0.1) is 0 Å². The van der Waals surface area contributed by atoms with E-state index in [4.69, 9.17) is 4.74 Å². The lowest BCUT2D eigenvalue weighted by molar-refractivity contribution is 0.0369. The van der Waals surface area contributed by atoms with Gasteiger partial charge in [0.2, 0.25) is 0 Å². The molecule has 0 unspecified atom stereocenters. The molecule has 1 aliphatic rings. The van der Waals surface area contributed by atoms with Crippen LogP contribution < -0.4 is 11.2 Å². The highest BCUT2D eigenvalue weighted by atomic mass is 16.5. The zero-order valence-corrected chi connectivity index (χ0v) is 9.72. The van der Waals surface area contributed by atoms with Crippen molar-refractivity contribution in [1.29, 1.82) is 0 Å². The predicted octanol–water partition coefficient (Wildman–Crippen LogP) is -0.741. The molecule has 1 aromatic rings. The number of morpholine rings is 1. The summed E-state index contributed by atoms with van der Waals surface area (Å²) in [6.07, 6.45) is 2.44. The highest BCUT2D eigenvalue weighted by Gasteiger charge is 2.09. The monoisotopic (exact) mass is 239 g/mol. The Morgan fingerprint density at radius 3 is 2.71 bits per heavy atom.